The molecule has 1 aliphatic rings. The van der Waals surface area contributed by atoms with E-state index in [1.807, 2.05) is 0 Å². The van der Waals surface area contributed by atoms with Gasteiger partial charge in [0.15, 0.2) is 6.10 Å². The van der Waals surface area contributed by atoms with Gasteiger partial charge in [0.1, 0.15) is 29.8 Å². The number of carbonyl (C=O) groups is 6. The number of alkyl carbamates (subject to hydrolysis) is 1. The Hall–Kier alpha value is -3.72. The normalized spacial score (nSPS) is 23.2. The molecular weight excluding hydrogens is 542 g/mol. The predicted octanol–water partition coefficient (Wildman–Crippen LogP) is -0.796. The van der Waals surface area contributed by atoms with Crippen LogP contribution in [0.4, 0.5) is 4.79 Å². The topological polar surface area (TPSA) is 210 Å². The number of ether oxygens (including phenoxy) is 3. The van der Waals surface area contributed by atoms with Gasteiger partial charge >= 0.3 is 12.1 Å². The zero-order chi connectivity index (χ0) is 31.4. The smallest absolute Gasteiger partial charge is 0.408 e. The number of carboxylic acid groups (broad SMARTS) is 1. The molecule has 6 N–H and O–H groups in total. The second-order valence-electron chi connectivity index (χ2n) is 11.2. The Bertz CT molecular complexity index is 990. The summed E-state index contributed by atoms with van der Waals surface area (Å²) in [5.41, 5.74) is -2.35. The van der Waals surface area contributed by atoms with E-state index in [-0.39, 0.29) is 26.4 Å². The lowest BCUT2D eigenvalue weighted by atomic mass is 9.99. The fourth-order valence-electron chi connectivity index (χ4n) is 3.31. The summed E-state index contributed by atoms with van der Waals surface area (Å²) in [4.78, 5) is 75.0. The zero-order valence-corrected chi connectivity index (χ0v) is 24.6. The van der Waals surface area contributed by atoms with Crippen molar-refractivity contribution in [3.63, 3.8) is 0 Å². The number of carboxylic acids is 1. The van der Waals surface area contributed by atoms with Crippen LogP contribution < -0.4 is 26.6 Å². The molecule has 15 heteroatoms. The molecule has 0 fully saturated rings. The van der Waals surface area contributed by atoms with Crippen LogP contribution in [0.2, 0.25) is 0 Å². The Kier molecular flexibility index (Phi) is 13.7. The first kappa shape index (κ1) is 35.3. The average Bonchev–Trinajstić information content (AvgIpc) is 2.83. The predicted molar refractivity (Wildman–Crippen MR) is 146 cm³/mol. The summed E-state index contributed by atoms with van der Waals surface area (Å²) < 4.78 is 16.3. The number of nitrogens with one attached hydrogen (secondary N) is 5. The molecule has 0 bridgehead atoms. The lowest BCUT2D eigenvalue weighted by Crippen LogP contribution is -2.63. The average molecular weight is 586 g/mol. The molecule has 1 aliphatic heterocycles. The van der Waals surface area contributed by atoms with Gasteiger partial charge in [0.2, 0.25) is 17.7 Å². The summed E-state index contributed by atoms with van der Waals surface area (Å²) in [6.45, 7) is 9.92. The highest BCUT2D eigenvalue weighted by atomic mass is 16.6. The minimum atomic E-state index is -1.52. The fourth-order valence-corrected chi connectivity index (χ4v) is 3.31. The van der Waals surface area contributed by atoms with Crippen molar-refractivity contribution in [1.29, 1.82) is 0 Å². The Balaban J connectivity index is 3.22. The van der Waals surface area contributed by atoms with Crippen molar-refractivity contribution in [2.45, 2.75) is 77.8 Å². The molecule has 0 spiro atoms. The number of hydrogen-bond donors (Lipinski definition) is 6. The van der Waals surface area contributed by atoms with E-state index in [0.29, 0.717) is 0 Å². The largest absolute Gasteiger partial charge is 0.480 e. The molecular formula is C26H43N5O10. The number of hydrogen-bond acceptors (Lipinski definition) is 9. The third-order valence-corrected chi connectivity index (χ3v) is 5.47. The molecule has 0 aliphatic carbocycles. The first-order chi connectivity index (χ1) is 18.9. The number of amides is 5. The van der Waals surface area contributed by atoms with Crippen molar-refractivity contribution in [3.8, 4) is 0 Å². The van der Waals surface area contributed by atoms with Crippen LogP contribution in [-0.4, -0.2) is 103 Å². The van der Waals surface area contributed by atoms with Gasteiger partial charge in [-0.15, -0.1) is 0 Å². The molecule has 0 aromatic heterocycles. The number of aliphatic carboxylic acids is 1. The van der Waals surface area contributed by atoms with Crippen LogP contribution in [0.5, 0.6) is 0 Å². The van der Waals surface area contributed by atoms with Gasteiger partial charge in [-0.3, -0.25) is 24.0 Å². The van der Waals surface area contributed by atoms with Gasteiger partial charge in [-0.25, -0.2) is 4.79 Å². The third-order valence-electron chi connectivity index (χ3n) is 5.47. The van der Waals surface area contributed by atoms with Crippen LogP contribution in [-0.2, 0) is 38.2 Å². The molecule has 0 aromatic rings. The zero-order valence-electron chi connectivity index (χ0n) is 24.6. The van der Waals surface area contributed by atoms with E-state index in [2.05, 4.69) is 26.6 Å². The molecule has 0 aromatic carbocycles. The SMILES string of the molecule is CC(C)[C@@H]1NC(=O)C(C)(C)NC(=O)[C@@H](NC(=O)OC(C)(C)C)COCC=CCOC(C(=O)NCC(=O)O)CNC1=O. The van der Waals surface area contributed by atoms with Gasteiger partial charge in [0.25, 0.3) is 5.91 Å². The van der Waals surface area contributed by atoms with Gasteiger partial charge in [-0.05, 0) is 40.5 Å². The highest BCUT2D eigenvalue weighted by molar-refractivity contribution is 5.96. The van der Waals surface area contributed by atoms with E-state index in [1.54, 1.807) is 40.7 Å². The summed E-state index contributed by atoms with van der Waals surface area (Å²) in [7, 11) is 0. The van der Waals surface area contributed by atoms with Gasteiger partial charge < -0.3 is 45.9 Å². The summed E-state index contributed by atoms with van der Waals surface area (Å²) in [6.07, 6.45) is 0.976. The molecule has 5 amide bonds. The molecule has 0 saturated heterocycles. The summed E-state index contributed by atoms with van der Waals surface area (Å²) in [5, 5.41) is 21.2. The molecule has 232 valence electrons. The van der Waals surface area contributed by atoms with Crippen molar-refractivity contribution in [3.05, 3.63) is 12.2 Å². The molecule has 0 radical (unpaired) electrons. The maximum Gasteiger partial charge on any atom is 0.408 e. The minimum absolute atomic E-state index is 0.00427. The highest BCUT2D eigenvalue weighted by Gasteiger charge is 2.36. The second kappa shape index (κ2) is 15.9. The maximum atomic E-state index is 13.2. The van der Waals surface area contributed by atoms with Crippen molar-refractivity contribution < 1.29 is 48.1 Å². The lowest BCUT2D eigenvalue weighted by Gasteiger charge is -2.31. The Morgan fingerprint density at radius 2 is 1.76 bits per heavy atom. The van der Waals surface area contributed by atoms with Crippen molar-refractivity contribution in [1.82, 2.24) is 26.6 Å². The molecule has 1 unspecified atom stereocenters. The van der Waals surface area contributed by atoms with Crippen LogP contribution in [0.25, 0.3) is 0 Å². The Labute approximate surface area is 239 Å². The second-order valence-corrected chi connectivity index (χ2v) is 11.2. The van der Waals surface area contributed by atoms with Crippen LogP contribution in [0.3, 0.4) is 0 Å². The van der Waals surface area contributed by atoms with Gasteiger partial charge in [0.05, 0.1) is 26.4 Å². The molecule has 3 atom stereocenters. The van der Waals surface area contributed by atoms with Crippen molar-refractivity contribution in [2.24, 2.45) is 5.92 Å². The van der Waals surface area contributed by atoms with E-state index in [0.717, 1.165) is 0 Å². The van der Waals surface area contributed by atoms with E-state index in [4.69, 9.17) is 19.3 Å². The standard InChI is InChI=1S/C26H43N5O10/c1-15(2)19-22(36)27-12-17(21(35)28-13-18(32)33)40-11-9-8-10-39-14-16(29-24(38)41-25(3,4)5)20(34)31-26(6,7)23(37)30-19/h8-9,15-17,19H,10-14H2,1-7H3,(H,27,36)(H,28,35)(H,29,38)(H,30,37)(H,31,34)(H,32,33)/t16-,17?,19-/m0/s1. The van der Waals surface area contributed by atoms with Crippen LogP contribution >= 0.6 is 0 Å². The summed E-state index contributed by atoms with van der Waals surface area (Å²) in [5.74, 6) is -4.43. The fraction of sp³-hybridized carbons (Fsp3) is 0.692. The number of rotatable bonds is 5. The summed E-state index contributed by atoms with van der Waals surface area (Å²) >= 11 is 0. The molecule has 1 rings (SSSR count). The minimum Gasteiger partial charge on any atom is -0.480 e. The van der Waals surface area contributed by atoms with Gasteiger partial charge in [-0.1, -0.05) is 26.0 Å². The molecule has 1 heterocycles. The van der Waals surface area contributed by atoms with Crippen LogP contribution in [0, 0.1) is 5.92 Å². The van der Waals surface area contributed by atoms with Crippen LogP contribution in [0.1, 0.15) is 48.5 Å². The molecule has 41 heavy (non-hydrogen) atoms. The quantitative estimate of drug-likeness (QED) is 0.221. The third kappa shape index (κ3) is 13.5. The highest BCUT2D eigenvalue weighted by Crippen LogP contribution is 2.10. The van der Waals surface area contributed by atoms with E-state index in [9.17, 15) is 28.8 Å². The van der Waals surface area contributed by atoms with Crippen molar-refractivity contribution in [2.75, 3.05) is 32.9 Å². The molecule has 0 saturated carbocycles. The monoisotopic (exact) mass is 585 g/mol. The van der Waals surface area contributed by atoms with E-state index < -0.39 is 77.5 Å². The van der Waals surface area contributed by atoms with E-state index in [1.165, 1.54) is 19.9 Å². The first-order valence-electron chi connectivity index (χ1n) is 13.2. The maximum absolute atomic E-state index is 13.2. The first-order valence-corrected chi connectivity index (χ1v) is 13.2. The Morgan fingerprint density at radius 1 is 1.12 bits per heavy atom. The summed E-state index contributed by atoms with van der Waals surface area (Å²) in [6, 6.07) is -2.29. The lowest BCUT2D eigenvalue weighted by molar-refractivity contribution is -0.141. The van der Waals surface area contributed by atoms with Crippen molar-refractivity contribution >= 4 is 35.7 Å². The van der Waals surface area contributed by atoms with Gasteiger partial charge in [-0.2, -0.15) is 0 Å². The van der Waals surface area contributed by atoms with E-state index >= 15 is 0 Å². The Morgan fingerprint density at radius 3 is 2.34 bits per heavy atom. The van der Waals surface area contributed by atoms with Crippen LogP contribution in [0.15, 0.2) is 12.2 Å². The number of carbonyl (C=O) groups excluding carboxylic acids is 5. The molecule has 15 nitrogen and oxygen atoms in total. The van der Waals surface area contributed by atoms with Gasteiger partial charge in [0, 0.05) is 0 Å².